The summed E-state index contributed by atoms with van der Waals surface area (Å²) in [5, 5.41) is 3.97. The number of unbranched alkanes of at least 4 members (excludes halogenated alkanes) is 2. The molecule has 0 atom stereocenters. The molecule has 0 amide bonds. The highest BCUT2D eigenvalue weighted by Crippen LogP contribution is 2.26. The minimum atomic E-state index is 0.271. The molecule has 0 bridgehead atoms. The molecule has 0 fully saturated rings. The maximum absolute atomic E-state index is 6.08. The Morgan fingerprint density at radius 3 is 2.47 bits per heavy atom. The van der Waals surface area contributed by atoms with E-state index in [1.807, 2.05) is 13.8 Å². The number of rotatable bonds is 7. The van der Waals surface area contributed by atoms with Crippen molar-refractivity contribution in [3.8, 4) is 0 Å². The fraction of sp³-hybridized carbons (Fsp3) is 0.733. The lowest BCUT2D eigenvalue weighted by atomic mass is 9.87. The van der Waals surface area contributed by atoms with Crippen LogP contribution in [0.3, 0.4) is 0 Å². The second-order valence-electron chi connectivity index (χ2n) is 6.01. The molecule has 0 spiro atoms. The minimum Gasteiger partial charge on any atom is -0.369 e. The van der Waals surface area contributed by atoms with E-state index in [4.69, 9.17) is 11.6 Å². The van der Waals surface area contributed by atoms with Gasteiger partial charge in [0.15, 0.2) is 0 Å². The Balaban J connectivity index is 2.61. The van der Waals surface area contributed by atoms with Gasteiger partial charge in [0.25, 0.3) is 0 Å². The van der Waals surface area contributed by atoms with Gasteiger partial charge in [-0.05, 0) is 25.7 Å². The van der Waals surface area contributed by atoms with Crippen molar-refractivity contribution in [2.45, 2.75) is 60.3 Å². The van der Waals surface area contributed by atoms with Crippen LogP contribution in [0, 0.1) is 19.3 Å². The highest BCUT2D eigenvalue weighted by molar-refractivity contribution is 6.30. The first-order valence-electron chi connectivity index (χ1n) is 7.10. The zero-order valence-electron chi connectivity index (χ0n) is 12.8. The quantitative estimate of drug-likeness (QED) is 0.579. The van der Waals surface area contributed by atoms with Crippen molar-refractivity contribution in [3.05, 3.63) is 16.5 Å². The second kappa shape index (κ2) is 7.09. The van der Waals surface area contributed by atoms with E-state index in [2.05, 4.69) is 36.1 Å². The summed E-state index contributed by atoms with van der Waals surface area (Å²) in [4.78, 5) is 8.58. The van der Waals surface area contributed by atoms with E-state index in [9.17, 15) is 0 Å². The van der Waals surface area contributed by atoms with Crippen molar-refractivity contribution in [1.82, 2.24) is 9.97 Å². The van der Waals surface area contributed by atoms with E-state index in [0.29, 0.717) is 11.0 Å². The van der Waals surface area contributed by atoms with Gasteiger partial charge in [-0.25, -0.2) is 9.97 Å². The van der Waals surface area contributed by atoms with Gasteiger partial charge in [0.05, 0.1) is 0 Å². The molecule has 0 unspecified atom stereocenters. The van der Waals surface area contributed by atoms with Gasteiger partial charge in [-0.1, -0.05) is 51.6 Å². The molecule has 0 radical (unpaired) electrons. The summed E-state index contributed by atoms with van der Waals surface area (Å²) >= 11 is 6.08. The zero-order valence-corrected chi connectivity index (χ0v) is 13.6. The van der Waals surface area contributed by atoms with E-state index < -0.39 is 0 Å². The first kappa shape index (κ1) is 16.2. The average molecular weight is 284 g/mol. The molecular formula is C15H26ClN3. The third-order valence-corrected chi connectivity index (χ3v) is 3.76. The molecule has 19 heavy (non-hydrogen) atoms. The third kappa shape index (κ3) is 5.35. The van der Waals surface area contributed by atoms with Gasteiger partial charge in [0, 0.05) is 12.1 Å². The van der Waals surface area contributed by atoms with E-state index >= 15 is 0 Å². The Labute approximate surface area is 122 Å². The summed E-state index contributed by atoms with van der Waals surface area (Å²) in [6.07, 6.45) is 5.09. The van der Waals surface area contributed by atoms with Crippen LogP contribution in [0.5, 0.6) is 0 Å². The third-order valence-electron chi connectivity index (χ3n) is 3.39. The molecule has 1 N–H and O–H groups in total. The Morgan fingerprint density at radius 1 is 1.16 bits per heavy atom. The first-order chi connectivity index (χ1) is 8.85. The summed E-state index contributed by atoms with van der Waals surface area (Å²) in [5.74, 6) is 1.57. The van der Waals surface area contributed by atoms with Gasteiger partial charge >= 0.3 is 0 Å². The number of aromatic nitrogens is 2. The predicted octanol–water partition coefficient (Wildman–Crippen LogP) is 4.77. The largest absolute Gasteiger partial charge is 0.369 e. The first-order valence-corrected chi connectivity index (χ1v) is 7.48. The van der Waals surface area contributed by atoms with Gasteiger partial charge in [0.1, 0.15) is 16.8 Å². The number of hydrogen-bond acceptors (Lipinski definition) is 3. The van der Waals surface area contributed by atoms with Gasteiger partial charge < -0.3 is 5.32 Å². The Kier molecular flexibility index (Phi) is 6.05. The molecule has 3 nitrogen and oxygen atoms in total. The van der Waals surface area contributed by atoms with Gasteiger partial charge in [-0.3, -0.25) is 0 Å². The molecule has 0 aliphatic rings. The molecule has 108 valence electrons. The number of hydrogen-bond donors (Lipinski definition) is 1. The van der Waals surface area contributed by atoms with Crippen LogP contribution in [-0.4, -0.2) is 16.5 Å². The van der Waals surface area contributed by atoms with Crippen molar-refractivity contribution < 1.29 is 0 Å². The number of nitrogens with one attached hydrogen (secondary N) is 1. The van der Waals surface area contributed by atoms with Crippen LogP contribution in [-0.2, 0) is 0 Å². The fourth-order valence-corrected chi connectivity index (χ4v) is 2.24. The predicted molar refractivity (Wildman–Crippen MR) is 82.9 cm³/mol. The van der Waals surface area contributed by atoms with E-state index in [1.165, 1.54) is 25.7 Å². The van der Waals surface area contributed by atoms with Crippen LogP contribution in [0.4, 0.5) is 5.82 Å². The van der Waals surface area contributed by atoms with Gasteiger partial charge in [-0.15, -0.1) is 0 Å². The maximum atomic E-state index is 6.08. The average Bonchev–Trinajstić information content (AvgIpc) is 2.32. The van der Waals surface area contributed by atoms with Crippen LogP contribution in [0.2, 0.25) is 5.15 Å². The van der Waals surface area contributed by atoms with Crippen LogP contribution in [0.15, 0.2) is 0 Å². The zero-order chi connectivity index (χ0) is 14.5. The molecule has 1 aromatic heterocycles. The highest BCUT2D eigenvalue weighted by atomic mass is 35.5. The molecule has 1 aromatic rings. The standard InChI is InChI=1S/C15H26ClN3/c1-6-7-8-9-15(4,5)10-17-14-11(2)13(16)18-12(3)19-14/h6-10H2,1-5H3,(H,17,18,19). The fourth-order valence-electron chi connectivity index (χ4n) is 2.03. The Hall–Kier alpha value is -0.830. The van der Waals surface area contributed by atoms with E-state index in [1.54, 1.807) is 0 Å². The lowest BCUT2D eigenvalue weighted by Gasteiger charge is -2.25. The topological polar surface area (TPSA) is 37.8 Å². The van der Waals surface area contributed by atoms with Crippen molar-refractivity contribution in [2.75, 3.05) is 11.9 Å². The lowest BCUT2D eigenvalue weighted by Crippen LogP contribution is -2.24. The summed E-state index contributed by atoms with van der Waals surface area (Å²) < 4.78 is 0. The van der Waals surface area contributed by atoms with Crippen molar-refractivity contribution in [2.24, 2.45) is 5.41 Å². The number of anilines is 1. The second-order valence-corrected chi connectivity index (χ2v) is 6.37. The van der Waals surface area contributed by atoms with Crippen molar-refractivity contribution in [3.63, 3.8) is 0 Å². The molecule has 0 aliphatic carbocycles. The van der Waals surface area contributed by atoms with Crippen LogP contribution < -0.4 is 5.32 Å². The number of nitrogens with zero attached hydrogens (tertiary/aromatic N) is 2. The summed E-state index contributed by atoms with van der Waals surface area (Å²) in [6.45, 7) is 11.5. The molecule has 0 saturated carbocycles. The van der Waals surface area contributed by atoms with E-state index in [-0.39, 0.29) is 5.41 Å². The Bertz CT molecular complexity index is 416. The molecule has 1 heterocycles. The molecule has 1 rings (SSSR count). The van der Waals surface area contributed by atoms with Crippen LogP contribution >= 0.6 is 11.6 Å². The van der Waals surface area contributed by atoms with Gasteiger partial charge in [-0.2, -0.15) is 0 Å². The highest BCUT2D eigenvalue weighted by Gasteiger charge is 2.18. The summed E-state index contributed by atoms with van der Waals surface area (Å²) in [7, 11) is 0. The molecular weight excluding hydrogens is 258 g/mol. The minimum absolute atomic E-state index is 0.271. The summed E-state index contributed by atoms with van der Waals surface area (Å²) in [5.41, 5.74) is 1.20. The van der Waals surface area contributed by atoms with Crippen LogP contribution in [0.1, 0.15) is 57.8 Å². The van der Waals surface area contributed by atoms with E-state index in [0.717, 1.165) is 17.9 Å². The van der Waals surface area contributed by atoms with Crippen molar-refractivity contribution >= 4 is 17.4 Å². The maximum Gasteiger partial charge on any atom is 0.137 e. The van der Waals surface area contributed by atoms with Crippen LogP contribution in [0.25, 0.3) is 0 Å². The van der Waals surface area contributed by atoms with Gasteiger partial charge in [0.2, 0.25) is 0 Å². The summed E-state index contributed by atoms with van der Waals surface area (Å²) in [6, 6.07) is 0. The molecule has 0 aliphatic heterocycles. The Morgan fingerprint density at radius 2 is 1.84 bits per heavy atom. The SMILES string of the molecule is CCCCCC(C)(C)CNc1nc(C)nc(Cl)c1C. The monoisotopic (exact) mass is 283 g/mol. The number of halogens is 1. The smallest absolute Gasteiger partial charge is 0.137 e. The lowest BCUT2D eigenvalue weighted by molar-refractivity contribution is 0.342. The number of aryl methyl sites for hydroxylation is 1. The molecule has 0 aromatic carbocycles. The molecule has 0 saturated heterocycles. The normalized spacial score (nSPS) is 11.7. The molecule has 4 heteroatoms. The van der Waals surface area contributed by atoms with Crippen molar-refractivity contribution in [1.29, 1.82) is 0 Å².